The van der Waals surface area contributed by atoms with Crippen LogP contribution in [0.25, 0.3) is 0 Å². The maximum Gasteiger partial charge on any atom is 0.227 e. The van der Waals surface area contributed by atoms with Crippen molar-refractivity contribution in [1.29, 1.82) is 0 Å². The minimum absolute atomic E-state index is 0.0393. The van der Waals surface area contributed by atoms with E-state index < -0.39 is 0 Å². The number of carbonyl (C=O) groups is 1. The average Bonchev–Trinajstić information content (AvgIpc) is 2.50. The normalized spacial score (nSPS) is 10.4. The quantitative estimate of drug-likeness (QED) is 0.892. The summed E-state index contributed by atoms with van der Waals surface area (Å²) in [6.07, 6.45) is 0.298. The summed E-state index contributed by atoms with van der Waals surface area (Å²) in [7, 11) is 0. The fourth-order valence-corrected chi connectivity index (χ4v) is 2.37. The lowest BCUT2D eigenvalue weighted by Gasteiger charge is -2.22. The second-order valence-electron chi connectivity index (χ2n) is 4.86. The van der Waals surface area contributed by atoms with Gasteiger partial charge < -0.3 is 10.6 Å². The number of nitrogens with two attached hydrogens (primary N) is 1. The van der Waals surface area contributed by atoms with Gasteiger partial charge in [-0.3, -0.25) is 4.79 Å². The molecule has 4 heteroatoms. The molecule has 0 atom stereocenters. The van der Waals surface area contributed by atoms with Crippen molar-refractivity contribution in [2.45, 2.75) is 13.0 Å². The molecule has 0 spiro atoms. The van der Waals surface area contributed by atoms with Gasteiger partial charge in [0.1, 0.15) is 0 Å². The summed E-state index contributed by atoms with van der Waals surface area (Å²) in [5.74, 6) is 0.0393. The smallest absolute Gasteiger partial charge is 0.227 e. The minimum atomic E-state index is 0.0393. The second-order valence-corrected chi connectivity index (χ2v) is 5.26. The number of amides is 1. The van der Waals surface area contributed by atoms with Gasteiger partial charge in [0.25, 0.3) is 0 Å². The summed E-state index contributed by atoms with van der Waals surface area (Å²) in [6, 6.07) is 17.3. The Kier molecular flexibility index (Phi) is 5.78. The number of benzene rings is 2. The first-order chi connectivity index (χ1) is 10.2. The van der Waals surface area contributed by atoms with Crippen molar-refractivity contribution >= 4 is 17.5 Å². The molecule has 21 heavy (non-hydrogen) atoms. The summed E-state index contributed by atoms with van der Waals surface area (Å²) in [4.78, 5) is 14.2. The first kappa shape index (κ1) is 15.5. The van der Waals surface area contributed by atoms with E-state index in [1.165, 1.54) is 0 Å². The Morgan fingerprint density at radius 1 is 1.05 bits per heavy atom. The number of halogens is 1. The molecule has 2 aromatic rings. The first-order valence-corrected chi connectivity index (χ1v) is 7.33. The Labute approximate surface area is 130 Å². The van der Waals surface area contributed by atoms with Crippen molar-refractivity contribution in [1.82, 2.24) is 4.90 Å². The maximum atomic E-state index is 12.5. The van der Waals surface area contributed by atoms with E-state index in [1.807, 2.05) is 48.5 Å². The predicted octanol–water partition coefficient (Wildman–Crippen LogP) is 2.87. The highest BCUT2D eigenvalue weighted by Crippen LogP contribution is 2.17. The van der Waals surface area contributed by atoms with Crippen LogP contribution in [-0.4, -0.2) is 23.9 Å². The van der Waals surface area contributed by atoms with Crippen LogP contribution >= 0.6 is 11.6 Å². The first-order valence-electron chi connectivity index (χ1n) is 6.96. The van der Waals surface area contributed by atoms with E-state index in [-0.39, 0.29) is 5.91 Å². The molecule has 0 aliphatic rings. The van der Waals surface area contributed by atoms with Crippen molar-refractivity contribution in [3.63, 3.8) is 0 Å². The van der Waals surface area contributed by atoms with Gasteiger partial charge in [-0.05, 0) is 17.2 Å². The standard InChI is InChI=1S/C17H19ClN2O/c18-16-9-5-4-8-15(16)12-17(21)20(11-10-19)13-14-6-2-1-3-7-14/h1-9H,10-13,19H2. The van der Waals surface area contributed by atoms with Crippen LogP contribution in [0.5, 0.6) is 0 Å². The molecule has 2 N–H and O–H groups in total. The number of nitrogens with zero attached hydrogens (tertiary/aromatic N) is 1. The number of hydrogen-bond donors (Lipinski definition) is 1. The van der Waals surface area contributed by atoms with Gasteiger partial charge in [0, 0.05) is 24.7 Å². The topological polar surface area (TPSA) is 46.3 Å². The summed E-state index contributed by atoms with van der Waals surface area (Å²) >= 11 is 6.11. The third-order valence-electron chi connectivity index (χ3n) is 3.27. The van der Waals surface area contributed by atoms with Gasteiger partial charge in [-0.1, -0.05) is 60.1 Å². The molecule has 0 aromatic heterocycles. The summed E-state index contributed by atoms with van der Waals surface area (Å²) in [6.45, 7) is 1.56. The monoisotopic (exact) mass is 302 g/mol. The lowest BCUT2D eigenvalue weighted by atomic mass is 10.1. The van der Waals surface area contributed by atoms with Crippen LogP contribution in [0.1, 0.15) is 11.1 Å². The molecule has 0 saturated carbocycles. The highest BCUT2D eigenvalue weighted by Gasteiger charge is 2.15. The molecule has 0 radical (unpaired) electrons. The van der Waals surface area contributed by atoms with Gasteiger partial charge in [0.2, 0.25) is 5.91 Å². The van der Waals surface area contributed by atoms with Gasteiger partial charge in [-0.2, -0.15) is 0 Å². The van der Waals surface area contributed by atoms with E-state index in [2.05, 4.69) is 0 Å². The van der Waals surface area contributed by atoms with E-state index in [0.717, 1.165) is 11.1 Å². The molecule has 0 aliphatic heterocycles. The van der Waals surface area contributed by atoms with Crippen LogP contribution in [0, 0.1) is 0 Å². The molecule has 110 valence electrons. The third-order valence-corrected chi connectivity index (χ3v) is 3.64. The zero-order valence-corrected chi connectivity index (χ0v) is 12.6. The lowest BCUT2D eigenvalue weighted by Crippen LogP contribution is -2.35. The molecule has 2 aromatic carbocycles. The Bertz CT molecular complexity index is 586. The average molecular weight is 303 g/mol. The molecule has 0 bridgehead atoms. The number of hydrogen-bond acceptors (Lipinski definition) is 2. The van der Waals surface area contributed by atoms with E-state index in [4.69, 9.17) is 17.3 Å². The Balaban J connectivity index is 2.07. The molecule has 0 fully saturated rings. The van der Waals surface area contributed by atoms with Crippen molar-refractivity contribution in [3.05, 3.63) is 70.7 Å². The number of carbonyl (C=O) groups excluding carboxylic acids is 1. The second kappa shape index (κ2) is 7.81. The minimum Gasteiger partial charge on any atom is -0.337 e. The molecular weight excluding hydrogens is 284 g/mol. The Morgan fingerprint density at radius 3 is 2.38 bits per heavy atom. The molecular formula is C17H19ClN2O. The molecule has 0 aliphatic carbocycles. The van der Waals surface area contributed by atoms with Crippen LogP contribution in [0.3, 0.4) is 0 Å². The van der Waals surface area contributed by atoms with Crippen molar-refractivity contribution in [2.75, 3.05) is 13.1 Å². The van der Waals surface area contributed by atoms with Crippen molar-refractivity contribution in [2.24, 2.45) is 5.73 Å². The zero-order chi connectivity index (χ0) is 15.1. The molecule has 3 nitrogen and oxygen atoms in total. The summed E-state index contributed by atoms with van der Waals surface area (Å²) < 4.78 is 0. The van der Waals surface area contributed by atoms with Crippen molar-refractivity contribution in [3.8, 4) is 0 Å². The fourth-order valence-electron chi connectivity index (χ4n) is 2.17. The molecule has 2 rings (SSSR count). The van der Waals surface area contributed by atoms with Crippen LogP contribution in [0.2, 0.25) is 5.02 Å². The lowest BCUT2D eigenvalue weighted by molar-refractivity contribution is -0.131. The molecule has 0 unspecified atom stereocenters. The molecule has 1 amide bonds. The van der Waals surface area contributed by atoms with Gasteiger partial charge in [0.05, 0.1) is 6.42 Å². The van der Waals surface area contributed by atoms with E-state index >= 15 is 0 Å². The van der Waals surface area contributed by atoms with Crippen molar-refractivity contribution < 1.29 is 4.79 Å². The predicted molar refractivity (Wildman–Crippen MR) is 86.1 cm³/mol. The Morgan fingerprint density at radius 2 is 1.71 bits per heavy atom. The summed E-state index contributed by atoms with van der Waals surface area (Å²) in [5.41, 5.74) is 7.57. The SMILES string of the molecule is NCCN(Cc1ccccc1)C(=O)Cc1ccccc1Cl. The summed E-state index contributed by atoms with van der Waals surface area (Å²) in [5, 5.41) is 0.623. The van der Waals surface area contributed by atoms with Gasteiger partial charge in [-0.25, -0.2) is 0 Å². The maximum absolute atomic E-state index is 12.5. The largest absolute Gasteiger partial charge is 0.337 e. The van der Waals surface area contributed by atoms with Crippen LogP contribution in [0.15, 0.2) is 54.6 Å². The van der Waals surface area contributed by atoms with Crippen LogP contribution in [-0.2, 0) is 17.8 Å². The van der Waals surface area contributed by atoms with Gasteiger partial charge in [0.15, 0.2) is 0 Å². The van der Waals surface area contributed by atoms with E-state index in [1.54, 1.807) is 11.0 Å². The fraction of sp³-hybridized carbons (Fsp3) is 0.235. The highest BCUT2D eigenvalue weighted by molar-refractivity contribution is 6.31. The van der Waals surface area contributed by atoms with Gasteiger partial charge in [-0.15, -0.1) is 0 Å². The number of rotatable bonds is 6. The van der Waals surface area contributed by atoms with E-state index in [0.29, 0.717) is 31.1 Å². The third kappa shape index (κ3) is 4.59. The van der Waals surface area contributed by atoms with Gasteiger partial charge >= 0.3 is 0 Å². The van der Waals surface area contributed by atoms with Crippen LogP contribution in [0.4, 0.5) is 0 Å². The van der Waals surface area contributed by atoms with E-state index in [9.17, 15) is 4.79 Å². The molecule has 0 saturated heterocycles. The van der Waals surface area contributed by atoms with Crippen LogP contribution < -0.4 is 5.73 Å². The Hall–Kier alpha value is -1.84. The highest BCUT2D eigenvalue weighted by atomic mass is 35.5. The zero-order valence-electron chi connectivity index (χ0n) is 11.8. The molecule has 0 heterocycles.